The number of hydrogen-bond acceptors (Lipinski definition) is 3. The molecule has 0 aliphatic carbocycles. The summed E-state index contributed by atoms with van der Waals surface area (Å²) in [5, 5.41) is 19.5. The van der Waals surface area contributed by atoms with Gasteiger partial charge in [-0.15, -0.1) is 0 Å². The molecule has 0 aliphatic heterocycles. The second kappa shape index (κ2) is 4.09. The van der Waals surface area contributed by atoms with Crippen LogP contribution in [0.25, 0.3) is 0 Å². The summed E-state index contributed by atoms with van der Waals surface area (Å²) in [5.74, 6) is 0.205. The largest absolute Gasteiger partial charge is 0.507 e. The molecule has 0 fully saturated rings. The molecule has 0 amide bonds. The average molecular weight is 246 g/mol. The van der Waals surface area contributed by atoms with Crippen molar-refractivity contribution in [1.29, 1.82) is 0 Å². The Hall–Kier alpha value is -0.580. The van der Waals surface area contributed by atoms with Gasteiger partial charge in [0.25, 0.3) is 0 Å². The van der Waals surface area contributed by atoms with Crippen molar-refractivity contribution < 1.29 is 10.3 Å². The number of benzene rings is 1. The first-order valence-electron chi connectivity index (χ1n) is 3.88. The van der Waals surface area contributed by atoms with E-state index in [0.717, 1.165) is 16.2 Å². The Morgan fingerprint density at radius 2 is 2.08 bits per heavy atom. The molecule has 0 radical (unpaired) electrons. The second-order valence-corrected chi connectivity index (χ2v) is 3.85. The van der Waals surface area contributed by atoms with Gasteiger partial charge in [-0.1, -0.05) is 6.07 Å². The van der Waals surface area contributed by atoms with E-state index in [4.69, 9.17) is 5.21 Å². The van der Waals surface area contributed by atoms with Crippen molar-refractivity contribution in [3.05, 3.63) is 27.7 Å². The predicted molar refractivity (Wildman–Crippen MR) is 53.8 cm³/mol. The minimum atomic E-state index is 0.205. The zero-order chi connectivity index (χ0) is 10.0. The number of phenolic OH excluding ortho intramolecular Hbond substituents is 1. The third-order valence-electron chi connectivity index (χ3n) is 1.71. The van der Waals surface area contributed by atoms with E-state index < -0.39 is 0 Å². The fourth-order valence-electron chi connectivity index (χ4n) is 1.18. The second-order valence-electron chi connectivity index (χ2n) is 3.06. The molecule has 0 aliphatic rings. The zero-order valence-corrected chi connectivity index (χ0v) is 9.17. The first kappa shape index (κ1) is 10.5. The normalized spacial score (nSPS) is 10.8. The molecule has 1 aromatic carbocycles. The Bertz CT molecular complexity index is 289. The summed E-state index contributed by atoms with van der Waals surface area (Å²) in [6, 6.07) is 3.54. The first-order valence-corrected chi connectivity index (χ1v) is 4.68. The zero-order valence-electron chi connectivity index (χ0n) is 7.58. The molecular weight excluding hydrogens is 234 g/mol. The first-order chi connectivity index (χ1) is 6.00. The van der Waals surface area contributed by atoms with Crippen LogP contribution in [-0.4, -0.2) is 22.4 Å². The lowest BCUT2D eigenvalue weighted by molar-refractivity contribution is -0.0731. The quantitative estimate of drug-likeness (QED) is 0.787. The highest BCUT2D eigenvalue weighted by Gasteiger charge is 2.05. The fourth-order valence-corrected chi connectivity index (χ4v) is 1.41. The molecule has 0 heterocycles. The van der Waals surface area contributed by atoms with Crippen LogP contribution >= 0.6 is 15.9 Å². The third kappa shape index (κ3) is 2.69. The summed E-state index contributed by atoms with van der Waals surface area (Å²) in [4.78, 5) is 0. The molecule has 4 heteroatoms. The van der Waals surface area contributed by atoms with Crippen LogP contribution in [0.4, 0.5) is 0 Å². The standard InChI is InChI=1S/C9H12BrNO2/c1-6-3-7(5-11(2)13)4-8(12)9(6)10/h3-4,12-13H,5H2,1-2H3. The van der Waals surface area contributed by atoms with E-state index >= 15 is 0 Å². The topological polar surface area (TPSA) is 43.7 Å². The van der Waals surface area contributed by atoms with Gasteiger partial charge < -0.3 is 10.3 Å². The van der Waals surface area contributed by atoms with E-state index in [-0.39, 0.29) is 5.75 Å². The van der Waals surface area contributed by atoms with Gasteiger partial charge in [0, 0.05) is 13.6 Å². The highest BCUT2D eigenvalue weighted by molar-refractivity contribution is 9.10. The van der Waals surface area contributed by atoms with Crippen molar-refractivity contribution in [3.8, 4) is 5.75 Å². The number of nitrogens with zero attached hydrogens (tertiary/aromatic N) is 1. The van der Waals surface area contributed by atoms with Crippen LogP contribution in [0.2, 0.25) is 0 Å². The minimum Gasteiger partial charge on any atom is -0.507 e. The Morgan fingerprint density at radius 1 is 1.46 bits per heavy atom. The van der Waals surface area contributed by atoms with Gasteiger partial charge in [-0.3, -0.25) is 0 Å². The Morgan fingerprint density at radius 3 is 2.54 bits per heavy atom. The molecule has 0 unspecified atom stereocenters. The van der Waals surface area contributed by atoms with Gasteiger partial charge in [-0.2, -0.15) is 5.06 Å². The van der Waals surface area contributed by atoms with E-state index in [0.29, 0.717) is 11.0 Å². The number of phenols is 1. The molecule has 0 atom stereocenters. The SMILES string of the molecule is Cc1cc(CN(C)O)cc(O)c1Br. The van der Waals surface area contributed by atoms with Crippen molar-refractivity contribution in [2.24, 2.45) is 0 Å². The van der Waals surface area contributed by atoms with E-state index in [2.05, 4.69) is 15.9 Å². The smallest absolute Gasteiger partial charge is 0.130 e. The maximum atomic E-state index is 9.45. The summed E-state index contributed by atoms with van der Waals surface area (Å²) in [5.41, 5.74) is 1.83. The highest BCUT2D eigenvalue weighted by Crippen LogP contribution is 2.28. The van der Waals surface area contributed by atoms with Crippen molar-refractivity contribution in [2.75, 3.05) is 7.05 Å². The molecular formula is C9H12BrNO2. The van der Waals surface area contributed by atoms with Crippen molar-refractivity contribution in [3.63, 3.8) is 0 Å². The van der Waals surface area contributed by atoms with Crippen molar-refractivity contribution in [2.45, 2.75) is 13.5 Å². The molecule has 1 aromatic rings. The number of halogens is 1. The summed E-state index contributed by atoms with van der Waals surface area (Å²) in [7, 11) is 1.56. The summed E-state index contributed by atoms with van der Waals surface area (Å²) < 4.78 is 0.705. The summed E-state index contributed by atoms with van der Waals surface area (Å²) in [6.45, 7) is 2.30. The maximum absolute atomic E-state index is 9.45. The molecule has 3 nitrogen and oxygen atoms in total. The summed E-state index contributed by atoms with van der Waals surface area (Å²) in [6.07, 6.45) is 0. The number of aromatic hydroxyl groups is 1. The van der Waals surface area contributed by atoms with E-state index in [1.165, 1.54) is 0 Å². The molecule has 0 bridgehead atoms. The van der Waals surface area contributed by atoms with Gasteiger partial charge in [0.15, 0.2) is 0 Å². The molecule has 72 valence electrons. The van der Waals surface area contributed by atoms with Gasteiger partial charge in [-0.25, -0.2) is 0 Å². The van der Waals surface area contributed by atoms with Gasteiger partial charge in [0.05, 0.1) is 4.47 Å². The maximum Gasteiger partial charge on any atom is 0.130 e. The Balaban J connectivity index is 2.99. The van der Waals surface area contributed by atoms with Gasteiger partial charge in [0.1, 0.15) is 5.75 Å². The van der Waals surface area contributed by atoms with E-state index in [1.54, 1.807) is 13.1 Å². The number of hydroxylamine groups is 2. The number of aryl methyl sites for hydroxylation is 1. The molecule has 13 heavy (non-hydrogen) atoms. The van der Waals surface area contributed by atoms with E-state index in [1.807, 2.05) is 13.0 Å². The van der Waals surface area contributed by atoms with Crippen LogP contribution < -0.4 is 0 Å². The van der Waals surface area contributed by atoms with Crippen LogP contribution in [0.5, 0.6) is 5.75 Å². The van der Waals surface area contributed by atoms with Crippen LogP contribution in [-0.2, 0) is 6.54 Å². The average Bonchev–Trinajstić information content (AvgIpc) is 1.98. The monoisotopic (exact) mass is 245 g/mol. The molecule has 0 spiro atoms. The molecule has 2 N–H and O–H groups in total. The van der Waals surface area contributed by atoms with Crippen molar-refractivity contribution in [1.82, 2.24) is 5.06 Å². The molecule has 0 aromatic heterocycles. The van der Waals surface area contributed by atoms with Crippen molar-refractivity contribution >= 4 is 15.9 Å². The lowest BCUT2D eigenvalue weighted by atomic mass is 10.1. The van der Waals surface area contributed by atoms with Crippen LogP contribution in [0.3, 0.4) is 0 Å². The van der Waals surface area contributed by atoms with Crippen LogP contribution in [0, 0.1) is 6.92 Å². The summed E-state index contributed by atoms with van der Waals surface area (Å²) >= 11 is 3.25. The lowest BCUT2D eigenvalue weighted by Gasteiger charge is -2.10. The predicted octanol–water partition coefficient (Wildman–Crippen LogP) is 2.28. The van der Waals surface area contributed by atoms with E-state index in [9.17, 15) is 5.11 Å². The Kier molecular flexibility index (Phi) is 3.30. The van der Waals surface area contributed by atoms with Crippen LogP contribution in [0.15, 0.2) is 16.6 Å². The number of hydrogen-bond donors (Lipinski definition) is 2. The van der Waals surface area contributed by atoms with Gasteiger partial charge >= 0.3 is 0 Å². The fraction of sp³-hybridized carbons (Fsp3) is 0.333. The third-order valence-corrected chi connectivity index (χ3v) is 2.74. The Labute approximate surface area is 85.7 Å². The van der Waals surface area contributed by atoms with Gasteiger partial charge in [0.2, 0.25) is 0 Å². The molecule has 0 saturated carbocycles. The van der Waals surface area contributed by atoms with Crippen LogP contribution in [0.1, 0.15) is 11.1 Å². The minimum absolute atomic E-state index is 0.205. The lowest BCUT2D eigenvalue weighted by Crippen LogP contribution is -2.11. The highest BCUT2D eigenvalue weighted by atomic mass is 79.9. The number of rotatable bonds is 2. The van der Waals surface area contributed by atoms with Gasteiger partial charge in [-0.05, 0) is 40.0 Å². The molecule has 1 rings (SSSR count). The molecule has 0 saturated heterocycles.